The lowest BCUT2D eigenvalue weighted by Crippen LogP contribution is -2.19. The van der Waals surface area contributed by atoms with Crippen molar-refractivity contribution in [3.63, 3.8) is 0 Å². The van der Waals surface area contributed by atoms with Gasteiger partial charge in [0.25, 0.3) is 0 Å². The second kappa shape index (κ2) is 7.56. The van der Waals surface area contributed by atoms with E-state index in [1.54, 1.807) is 0 Å². The van der Waals surface area contributed by atoms with Gasteiger partial charge in [0.1, 0.15) is 0 Å². The van der Waals surface area contributed by atoms with Crippen LogP contribution in [0, 0.1) is 0 Å². The van der Waals surface area contributed by atoms with E-state index in [-0.39, 0.29) is 6.04 Å². The van der Waals surface area contributed by atoms with Crippen molar-refractivity contribution in [2.24, 2.45) is 0 Å². The van der Waals surface area contributed by atoms with Gasteiger partial charge in [-0.2, -0.15) is 5.10 Å². The zero-order valence-corrected chi connectivity index (χ0v) is 15.8. The summed E-state index contributed by atoms with van der Waals surface area (Å²) in [5, 5.41) is 8.08. The van der Waals surface area contributed by atoms with Crippen molar-refractivity contribution in [3.05, 3.63) is 50.7 Å². The molecule has 5 heteroatoms. The zero-order chi connectivity index (χ0) is 15.4. The first kappa shape index (κ1) is 16.7. The van der Waals surface area contributed by atoms with Crippen LogP contribution in [0.3, 0.4) is 0 Å². The maximum absolute atomic E-state index is 4.69. The predicted molar refractivity (Wildman–Crippen MR) is 94.6 cm³/mol. The summed E-state index contributed by atoms with van der Waals surface area (Å²) in [7, 11) is 1.99. The van der Waals surface area contributed by atoms with Crippen LogP contribution in [0.1, 0.15) is 43.6 Å². The molecule has 0 radical (unpaired) electrons. The normalized spacial score (nSPS) is 14.1. The van der Waals surface area contributed by atoms with Crippen LogP contribution < -0.4 is 5.32 Å². The number of aromatic nitrogens is 2. The van der Waals surface area contributed by atoms with E-state index >= 15 is 0 Å². The lowest BCUT2D eigenvalue weighted by Gasteiger charge is -2.16. The molecule has 0 aliphatic carbocycles. The van der Waals surface area contributed by atoms with Crippen LogP contribution in [-0.4, -0.2) is 16.8 Å². The molecule has 0 amide bonds. The van der Waals surface area contributed by atoms with Crippen molar-refractivity contribution in [1.82, 2.24) is 15.1 Å². The first-order chi connectivity index (χ1) is 10.0. The number of rotatable bonds is 6. The second-order valence-electron chi connectivity index (χ2n) is 5.29. The van der Waals surface area contributed by atoms with Gasteiger partial charge in [0.05, 0.1) is 5.69 Å². The Morgan fingerprint density at radius 1 is 1.24 bits per heavy atom. The highest BCUT2D eigenvalue weighted by molar-refractivity contribution is 9.11. The molecule has 0 saturated carbocycles. The molecule has 0 spiro atoms. The Labute approximate surface area is 143 Å². The van der Waals surface area contributed by atoms with E-state index in [9.17, 15) is 0 Å². The Kier molecular flexibility index (Phi) is 6.02. The van der Waals surface area contributed by atoms with E-state index in [1.807, 2.05) is 13.1 Å². The molecule has 1 heterocycles. The van der Waals surface area contributed by atoms with E-state index in [1.165, 1.54) is 5.56 Å². The third-order valence-electron chi connectivity index (χ3n) is 3.75. The maximum Gasteiger partial charge on any atom is 0.0643 e. The van der Waals surface area contributed by atoms with Crippen molar-refractivity contribution >= 4 is 31.9 Å². The van der Waals surface area contributed by atoms with Gasteiger partial charge in [-0.05, 0) is 50.2 Å². The minimum Gasteiger partial charge on any atom is -0.313 e. The van der Waals surface area contributed by atoms with Gasteiger partial charge in [0, 0.05) is 33.6 Å². The molecular weight excluding hydrogens is 394 g/mol. The SMILES string of the molecule is CCC(C)n1ccc(CC(NC)c2cc(Br)cc(Br)c2)n1. The van der Waals surface area contributed by atoms with Crippen molar-refractivity contribution in [2.75, 3.05) is 7.05 Å². The standard InChI is InChI=1S/C16H21Br2N3/c1-4-11(2)21-6-5-15(20-21)10-16(19-3)12-7-13(17)9-14(18)8-12/h5-9,11,16,19H,4,10H2,1-3H3. The molecule has 1 aromatic carbocycles. The molecule has 114 valence electrons. The molecule has 21 heavy (non-hydrogen) atoms. The van der Waals surface area contributed by atoms with Gasteiger partial charge in [-0.25, -0.2) is 0 Å². The fraction of sp³-hybridized carbons (Fsp3) is 0.438. The maximum atomic E-state index is 4.69. The predicted octanol–water partition coefficient (Wildman–Crippen LogP) is 4.88. The van der Waals surface area contributed by atoms with Crippen LogP contribution in [0.25, 0.3) is 0 Å². The average Bonchev–Trinajstić information content (AvgIpc) is 2.91. The van der Waals surface area contributed by atoms with E-state index in [2.05, 4.69) is 80.1 Å². The molecule has 3 nitrogen and oxygen atoms in total. The molecule has 2 atom stereocenters. The fourth-order valence-corrected chi connectivity index (χ4v) is 3.62. The molecule has 2 rings (SSSR count). The largest absolute Gasteiger partial charge is 0.313 e. The van der Waals surface area contributed by atoms with Crippen LogP contribution in [0.4, 0.5) is 0 Å². The second-order valence-corrected chi connectivity index (χ2v) is 7.12. The first-order valence-corrected chi connectivity index (χ1v) is 8.79. The van der Waals surface area contributed by atoms with Crippen LogP contribution in [0.2, 0.25) is 0 Å². The third kappa shape index (κ3) is 4.41. The summed E-state index contributed by atoms with van der Waals surface area (Å²) in [5.74, 6) is 0. The summed E-state index contributed by atoms with van der Waals surface area (Å²) in [6.45, 7) is 4.37. The Hall–Kier alpha value is -0.650. The first-order valence-electron chi connectivity index (χ1n) is 7.20. The zero-order valence-electron chi connectivity index (χ0n) is 12.6. The molecule has 0 bridgehead atoms. The van der Waals surface area contributed by atoms with E-state index < -0.39 is 0 Å². The highest BCUT2D eigenvalue weighted by Gasteiger charge is 2.14. The minimum atomic E-state index is 0.249. The Bertz CT molecular complexity index is 575. The summed E-state index contributed by atoms with van der Waals surface area (Å²) >= 11 is 7.10. The highest BCUT2D eigenvalue weighted by Crippen LogP contribution is 2.26. The van der Waals surface area contributed by atoms with Gasteiger partial charge >= 0.3 is 0 Å². The molecule has 0 fully saturated rings. The summed E-state index contributed by atoms with van der Waals surface area (Å²) in [4.78, 5) is 0. The number of likely N-dealkylation sites (N-methyl/N-ethyl adjacent to an activating group) is 1. The van der Waals surface area contributed by atoms with E-state index in [4.69, 9.17) is 5.10 Å². The Balaban J connectivity index is 2.17. The summed E-state index contributed by atoms with van der Waals surface area (Å²) in [6.07, 6.45) is 4.05. The molecular formula is C16H21Br2N3. The van der Waals surface area contributed by atoms with Gasteiger partial charge in [-0.15, -0.1) is 0 Å². The van der Waals surface area contributed by atoms with Crippen LogP contribution >= 0.6 is 31.9 Å². The van der Waals surface area contributed by atoms with Crippen molar-refractivity contribution in [2.45, 2.75) is 38.8 Å². The number of hydrogen-bond acceptors (Lipinski definition) is 2. The van der Waals surface area contributed by atoms with Gasteiger partial charge in [0.15, 0.2) is 0 Å². The molecule has 0 saturated heterocycles. The Morgan fingerprint density at radius 2 is 1.90 bits per heavy atom. The fourth-order valence-electron chi connectivity index (χ4n) is 2.29. The van der Waals surface area contributed by atoms with Crippen molar-refractivity contribution < 1.29 is 0 Å². The number of halogens is 2. The highest BCUT2D eigenvalue weighted by atomic mass is 79.9. The minimum absolute atomic E-state index is 0.249. The number of hydrogen-bond donors (Lipinski definition) is 1. The van der Waals surface area contributed by atoms with Gasteiger partial charge in [-0.3, -0.25) is 4.68 Å². The van der Waals surface area contributed by atoms with Gasteiger partial charge in [0.2, 0.25) is 0 Å². The van der Waals surface area contributed by atoms with Crippen molar-refractivity contribution in [1.29, 1.82) is 0 Å². The molecule has 0 aliphatic rings. The summed E-state index contributed by atoms with van der Waals surface area (Å²) < 4.78 is 4.22. The molecule has 1 aromatic heterocycles. The Morgan fingerprint density at radius 3 is 2.48 bits per heavy atom. The number of nitrogens with zero attached hydrogens (tertiary/aromatic N) is 2. The molecule has 2 aromatic rings. The van der Waals surface area contributed by atoms with Gasteiger partial charge < -0.3 is 5.32 Å². The lowest BCUT2D eigenvalue weighted by atomic mass is 10.0. The molecule has 0 aliphatic heterocycles. The van der Waals surface area contributed by atoms with E-state index in [0.29, 0.717) is 6.04 Å². The summed E-state index contributed by atoms with van der Waals surface area (Å²) in [6, 6.07) is 9.16. The third-order valence-corrected chi connectivity index (χ3v) is 4.67. The van der Waals surface area contributed by atoms with E-state index in [0.717, 1.165) is 27.5 Å². The number of nitrogens with one attached hydrogen (secondary N) is 1. The quantitative estimate of drug-likeness (QED) is 0.729. The topological polar surface area (TPSA) is 29.9 Å². The molecule has 1 N–H and O–H groups in total. The van der Waals surface area contributed by atoms with Crippen LogP contribution in [-0.2, 0) is 6.42 Å². The monoisotopic (exact) mass is 413 g/mol. The van der Waals surface area contributed by atoms with Crippen LogP contribution in [0.15, 0.2) is 39.4 Å². The van der Waals surface area contributed by atoms with Gasteiger partial charge in [-0.1, -0.05) is 38.8 Å². The average molecular weight is 415 g/mol. The van der Waals surface area contributed by atoms with Crippen molar-refractivity contribution in [3.8, 4) is 0 Å². The molecule has 2 unspecified atom stereocenters. The number of benzene rings is 1. The lowest BCUT2D eigenvalue weighted by molar-refractivity contribution is 0.469. The summed E-state index contributed by atoms with van der Waals surface area (Å²) in [5.41, 5.74) is 2.36. The smallest absolute Gasteiger partial charge is 0.0643 e. The van der Waals surface area contributed by atoms with Crippen LogP contribution in [0.5, 0.6) is 0 Å².